The number of hydrogen-bond acceptors (Lipinski definition) is 2. The third-order valence-electron chi connectivity index (χ3n) is 3.41. The highest BCUT2D eigenvalue weighted by Gasteiger charge is 2.11. The molecular weight excluding hydrogens is 277 g/mol. The zero-order chi connectivity index (χ0) is 15.4. The normalized spacial score (nSPS) is 10.4. The molecule has 0 aliphatic carbocycles. The van der Waals surface area contributed by atoms with Crippen LogP contribution in [0.1, 0.15) is 5.56 Å². The molecule has 3 aromatic carbocycles. The van der Waals surface area contributed by atoms with Crippen molar-refractivity contribution in [1.82, 2.24) is 0 Å². The van der Waals surface area contributed by atoms with Crippen LogP contribution < -0.4 is 10.5 Å². The molecule has 3 heteroatoms. The Kier molecular flexibility index (Phi) is 4.05. The fraction of sp³-hybridized carbons (Fsp3) is 0.0526. The Morgan fingerprint density at radius 2 is 1.55 bits per heavy atom. The maximum Gasteiger partial charge on any atom is 0.133 e. The van der Waals surface area contributed by atoms with Gasteiger partial charge in [0.25, 0.3) is 0 Å². The maximum absolute atomic E-state index is 14.1. The van der Waals surface area contributed by atoms with Crippen molar-refractivity contribution in [3.63, 3.8) is 0 Å². The summed E-state index contributed by atoms with van der Waals surface area (Å²) in [7, 11) is 0. The first-order valence-electron chi connectivity index (χ1n) is 7.05. The molecule has 0 unspecified atom stereocenters. The van der Waals surface area contributed by atoms with Gasteiger partial charge >= 0.3 is 0 Å². The minimum atomic E-state index is -0.351. The number of halogens is 1. The Balaban J connectivity index is 1.90. The second kappa shape index (κ2) is 6.31. The van der Waals surface area contributed by atoms with Gasteiger partial charge in [-0.2, -0.15) is 0 Å². The minimum absolute atomic E-state index is 0.351. The Hall–Kier alpha value is -2.81. The first kappa shape index (κ1) is 14.1. The van der Waals surface area contributed by atoms with Crippen LogP contribution in [0.4, 0.5) is 10.1 Å². The van der Waals surface area contributed by atoms with Crippen LogP contribution >= 0.6 is 0 Å². The van der Waals surface area contributed by atoms with Crippen molar-refractivity contribution in [3.8, 4) is 16.9 Å². The van der Waals surface area contributed by atoms with Gasteiger partial charge in [-0.3, -0.25) is 0 Å². The van der Waals surface area contributed by atoms with E-state index in [9.17, 15) is 4.39 Å². The average Bonchev–Trinajstić information content (AvgIpc) is 2.54. The highest BCUT2D eigenvalue weighted by Crippen LogP contribution is 2.32. The summed E-state index contributed by atoms with van der Waals surface area (Å²) >= 11 is 0. The number of benzene rings is 3. The van der Waals surface area contributed by atoms with Crippen LogP contribution in [0.25, 0.3) is 11.1 Å². The van der Waals surface area contributed by atoms with Crippen LogP contribution in [0.2, 0.25) is 0 Å². The van der Waals surface area contributed by atoms with Crippen molar-refractivity contribution < 1.29 is 9.13 Å². The van der Waals surface area contributed by atoms with Crippen molar-refractivity contribution in [1.29, 1.82) is 0 Å². The van der Waals surface area contributed by atoms with Crippen molar-refractivity contribution in [2.24, 2.45) is 0 Å². The fourth-order valence-electron chi connectivity index (χ4n) is 2.30. The molecule has 2 N–H and O–H groups in total. The molecule has 0 aromatic heterocycles. The predicted molar refractivity (Wildman–Crippen MR) is 87.0 cm³/mol. The molecule has 2 nitrogen and oxygen atoms in total. The van der Waals surface area contributed by atoms with Gasteiger partial charge < -0.3 is 10.5 Å². The van der Waals surface area contributed by atoms with Gasteiger partial charge in [-0.05, 0) is 29.8 Å². The molecule has 0 radical (unpaired) electrons. The van der Waals surface area contributed by atoms with E-state index in [2.05, 4.69) is 0 Å². The maximum atomic E-state index is 14.1. The number of rotatable bonds is 4. The van der Waals surface area contributed by atoms with Crippen molar-refractivity contribution in [3.05, 3.63) is 84.2 Å². The fourth-order valence-corrected chi connectivity index (χ4v) is 2.30. The van der Waals surface area contributed by atoms with Gasteiger partial charge in [0.05, 0.1) is 0 Å². The van der Waals surface area contributed by atoms with E-state index in [1.165, 1.54) is 6.07 Å². The van der Waals surface area contributed by atoms with Crippen LogP contribution in [0.15, 0.2) is 72.8 Å². The molecule has 3 rings (SSSR count). The minimum Gasteiger partial charge on any atom is -0.488 e. The molecule has 0 saturated carbocycles. The lowest BCUT2D eigenvalue weighted by molar-refractivity contribution is 0.307. The topological polar surface area (TPSA) is 35.2 Å². The van der Waals surface area contributed by atoms with Gasteiger partial charge in [-0.15, -0.1) is 0 Å². The number of para-hydroxylation sites is 1. The zero-order valence-electron chi connectivity index (χ0n) is 12.0. The summed E-state index contributed by atoms with van der Waals surface area (Å²) in [4.78, 5) is 0. The summed E-state index contributed by atoms with van der Waals surface area (Å²) in [5.41, 5.74) is 8.28. The molecule has 0 atom stereocenters. The molecule has 110 valence electrons. The van der Waals surface area contributed by atoms with E-state index in [4.69, 9.17) is 10.5 Å². The lowest BCUT2D eigenvalue weighted by Gasteiger charge is -2.12. The first-order valence-corrected chi connectivity index (χ1v) is 7.05. The average molecular weight is 293 g/mol. The number of anilines is 1. The zero-order valence-corrected chi connectivity index (χ0v) is 12.0. The van der Waals surface area contributed by atoms with E-state index >= 15 is 0 Å². The molecule has 0 amide bonds. The Labute approximate surface area is 129 Å². The van der Waals surface area contributed by atoms with Gasteiger partial charge in [-0.25, -0.2) is 4.39 Å². The molecule has 0 aliphatic rings. The number of hydrogen-bond donors (Lipinski definition) is 1. The van der Waals surface area contributed by atoms with Crippen LogP contribution in [-0.2, 0) is 6.61 Å². The summed E-state index contributed by atoms with van der Waals surface area (Å²) in [6, 6.07) is 22.0. The Bertz CT molecular complexity index is 771. The van der Waals surface area contributed by atoms with Gasteiger partial charge in [-0.1, -0.05) is 48.5 Å². The van der Waals surface area contributed by atoms with E-state index in [-0.39, 0.29) is 5.82 Å². The van der Waals surface area contributed by atoms with Gasteiger partial charge in [0.2, 0.25) is 0 Å². The van der Waals surface area contributed by atoms with Crippen molar-refractivity contribution in [2.45, 2.75) is 6.61 Å². The summed E-state index contributed by atoms with van der Waals surface area (Å²) in [6.45, 7) is 0.439. The molecule has 0 aliphatic heterocycles. The highest BCUT2D eigenvalue weighted by atomic mass is 19.1. The van der Waals surface area contributed by atoms with Crippen LogP contribution in [-0.4, -0.2) is 0 Å². The summed E-state index contributed by atoms with van der Waals surface area (Å²) in [5.74, 6) is 0.297. The van der Waals surface area contributed by atoms with Crippen molar-refractivity contribution >= 4 is 5.69 Å². The van der Waals surface area contributed by atoms with Gasteiger partial charge in [0.15, 0.2) is 0 Å². The third-order valence-corrected chi connectivity index (χ3v) is 3.41. The molecule has 22 heavy (non-hydrogen) atoms. The Morgan fingerprint density at radius 3 is 2.32 bits per heavy atom. The molecule has 0 fully saturated rings. The number of nitrogen functional groups attached to an aromatic ring is 1. The van der Waals surface area contributed by atoms with E-state index in [0.717, 1.165) is 11.1 Å². The van der Waals surface area contributed by atoms with Gasteiger partial charge in [0.1, 0.15) is 18.2 Å². The van der Waals surface area contributed by atoms with Crippen LogP contribution in [0.5, 0.6) is 5.75 Å². The summed E-state index contributed by atoms with van der Waals surface area (Å²) < 4.78 is 20.0. The second-order valence-electron chi connectivity index (χ2n) is 5.01. The summed E-state index contributed by atoms with van der Waals surface area (Å²) in [6.07, 6.45) is 0. The monoisotopic (exact) mass is 293 g/mol. The van der Waals surface area contributed by atoms with E-state index < -0.39 is 0 Å². The van der Waals surface area contributed by atoms with Crippen LogP contribution in [0, 0.1) is 5.82 Å². The molecule has 0 bridgehead atoms. The van der Waals surface area contributed by atoms with Crippen LogP contribution in [0.3, 0.4) is 0 Å². The first-order chi connectivity index (χ1) is 10.7. The smallest absolute Gasteiger partial charge is 0.133 e. The van der Waals surface area contributed by atoms with Crippen molar-refractivity contribution in [2.75, 3.05) is 5.73 Å². The Morgan fingerprint density at radius 1 is 0.818 bits per heavy atom. The molecule has 0 heterocycles. The summed E-state index contributed by atoms with van der Waals surface area (Å²) in [5, 5.41) is 0. The largest absolute Gasteiger partial charge is 0.488 e. The van der Waals surface area contributed by atoms with E-state index in [1.807, 2.05) is 54.6 Å². The lowest BCUT2D eigenvalue weighted by Crippen LogP contribution is -1.97. The SMILES string of the molecule is Nc1ccc(-c2ccccc2OCc2ccccc2)c(F)c1. The second-order valence-corrected chi connectivity index (χ2v) is 5.01. The van der Waals surface area contributed by atoms with Gasteiger partial charge in [0, 0.05) is 16.8 Å². The highest BCUT2D eigenvalue weighted by molar-refractivity contribution is 5.72. The number of ether oxygens (including phenoxy) is 1. The lowest BCUT2D eigenvalue weighted by atomic mass is 10.0. The number of nitrogens with two attached hydrogens (primary N) is 1. The molecular formula is C19H16FNO. The molecule has 3 aromatic rings. The molecule has 0 spiro atoms. The standard InChI is InChI=1S/C19H16FNO/c20-18-12-15(21)10-11-16(18)17-8-4-5-9-19(17)22-13-14-6-2-1-3-7-14/h1-12H,13,21H2. The van der Waals surface area contributed by atoms with E-state index in [0.29, 0.717) is 23.6 Å². The van der Waals surface area contributed by atoms with E-state index in [1.54, 1.807) is 12.1 Å². The predicted octanol–water partition coefficient (Wildman–Crippen LogP) is 4.65. The third kappa shape index (κ3) is 3.09. The quantitative estimate of drug-likeness (QED) is 0.710. The molecule has 0 saturated heterocycles.